The van der Waals surface area contributed by atoms with E-state index in [1.807, 2.05) is 0 Å². The molecule has 10 rings (SSSR count). The molecule has 2 aliphatic rings. The van der Waals surface area contributed by atoms with Crippen molar-refractivity contribution in [2.24, 2.45) is 0 Å². The summed E-state index contributed by atoms with van der Waals surface area (Å²) < 4.78 is 0. The molecule has 0 radical (unpaired) electrons. The number of rotatable bonds is 5. The monoisotopic (exact) mass is 901 g/mol. The second-order valence-electron chi connectivity index (χ2n) is 24.2. The van der Waals surface area contributed by atoms with E-state index in [2.05, 4.69) is 271 Å². The Bertz CT molecular complexity index is 3000. The first-order valence-electron chi connectivity index (χ1n) is 25.1. The highest BCUT2D eigenvalue weighted by Gasteiger charge is 2.44. The molecular formula is C66H69BN2. The summed E-state index contributed by atoms with van der Waals surface area (Å²) >= 11 is 0. The lowest BCUT2D eigenvalue weighted by molar-refractivity contribution is 0.568. The average Bonchev–Trinajstić information content (AvgIpc) is 3.30. The van der Waals surface area contributed by atoms with Crippen molar-refractivity contribution < 1.29 is 0 Å². The standard InChI is InChI=1S/C66H69BN2/c1-42-28-30-57-55(32-42)67-56-33-43(2)29-31-58(56)69(52-40-49(65(9,10)11)37-50(41-52)66(12,13)14)60-35-46(61-53(44-22-17-15-18-23-44)26-21-27-54(61)45-24-19-16-20-25-45)34-59(62(60)67)68(57)51-38-47(63(3,4)5)36-48(39-51)64(6,7)8/h15-41H,1-14H3. The zero-order chi connectivity index (χ0) is 48.9. The van der Waals surface area contributed by atoms with Gasteiger partial charge in [-0.05, 0) is 156 Å². The van der Waals surface area contributed by atoms with Crippen LogP contribution in [0.1, 0.15) is 116 Å². The second kappa shape index (κ2) is 16.5. The van der Waals surface area contributed by atoms with Crippen molar-refractivity contribution in [3.05, 3.63) is 197 Å². The Hall–Kier alpha value is -6.58. The first-order chi connectivity index (χ1) is 32.6. The molecule has 0 N–H and O–H groups in total. The SMILES string of the molecule is Cc1ccc2c(c1)B1c3cc(C)ccc3N(c3cc(C(C)(C)C)cc(C(C)(C)C)c3)c3cc(-c4c(-c5ccccc5)cccc4-c4ccccc4)cc(c31)N2c1cc(C(C)(C)C)cc(C(C)(C)C)c1. The van der Waals surface area contributed by atoms with Crippen molar-refractivity contribution in [3.63, 3.8) is 0 Å². The van der Waals surface area contributed by atoms with E-state index in [4.69, 9.17) is 0 Å². The molecule has 3 heteroatoms. The first-order valence-corrected chi connectivity index (χ1v) is 25.1. The van der Waals surface area contributed by atoms with E-state index in [1.165, 1.54) is 117 Å². The zero-order valence-electron chi connectivity index (χ0n) is 43.6. The topological polar surface area (TPSA) is 6.48 Å². The Morgan fingerprint density at radius 1 is 0.333 bits per heavy atom. The minimum Gasteiger partial charge on any atom is -0.311 e. The van der Waals surface area contributed by atoms with Gasteiger partial charge in [-0.15, -0.1) is 0 Å². The van der Waals surface area contributed by atoms with Crippen LogP contribution in [-0.2, 0) is 21.7 Å². The lowest BCUT2D eigenvalue weighted by Gasteiger charge is -2.45. The number of hydrogen-bond donors (Lipinski definition) is 0. The molecule has 0 saturated carbocycles. The summed E-state index contributed by atoms with van der Waals surface area (Å²) in [4.78, 5) is 5.27. The summed E-state index contributed by atoms with van der Waals surface area (Å²) in [6.45, 7) is 32.7. The molecule has 69 heavy (non-hydrogen) atoms. The largest absolute Gasteiger partial charge is 0.311 e. The summed E-state index contributed by atoms with van der Waals surface area (Å²) in [5.41, 5.74) is 26.2. The Morgan fingerprint density at radius 3 is 1.04 bits per heavy atom. The minimum absolute atomic E-state index is 0.0000754. The van der Waals surface area contributed by atoms with Gasteiger partial charge in [0.25, 0.3) is 6.71 Å². The van der Waals surface area contributed by atoms with E-state index in [1.54, 1.807) is 0 Å². The molecule has 0 spiro atoms. The molecule has 8 aromatic carbocycles. The lowest BCUT2D eigenvalue weighted by Crippen LogP contribution is -2.61. The average molecular weight is 901 g/mol. The van der Waals surface area contributed by atoms with Gasteiger partial charge in [0.05, 0.1) is 0 Å². The van der Waals surface area contributed by atoms with Crippen LogP contribution in [0.3, 0.4) is 0 Å². The Morgan fingerprint density at radius 2 is 0.696 bits per heavy atom. The molecule has 0 saturated heterocycles. The molecule has 346 valence electrons. The van der Waals surface area contributed by atoms with Crippen LogP contribution in [0, 0.1) is 13.8 Å². The summed E-state index contributed by atoms with van der Waals surface area (Å²) in [6, 6.07) is 63.2. The fourth-order valence-electron chi connectivity index (χ4n) is 10.7. The van der Waals surface area contributed by atoms with Gasteiger partial charge in [-0.3, -0.25) is 0 Å². The number of anilines is 6. The molecule has 2 heterocycles. The number of nitrogens with zero attached hydrogens (tertiary/aromatic N) is 2. The normalized spacial score (nSPS) is 13.6. The highest BCUT2D eigenvalue weighted by atomic mass is 15.2. The van der Waals surface area contributed by atoms with Gasteiger partial charge in [-0.25, -0.2) is 0 Å². The molecule has 0 aromatic heterocycles. The summed E-state index contributed by atoms with van der Waals surface area (Å²) in [7, 11) is 0. The number of fused-ring (bicyclic) bond motifs is 4. The summed E-state index contributed by atoms with van der Waals surface area (Å²) in [6.07, 6.45) is 0. The van der Waals surface area contributed by atoms with Gasteiger partial charge in [-0.1, -0.05) is 209 Å². The first kappa shape index (κ1) is 46.2. The molecule has 0 amide bonds. The van der Waals surface area contributed by atoms with Crippen molar-refractivity contribution in [1.82, 2.24) is 0 Å². The van der Waals surface area contributed by atoms with Crippen LogP contribution in [0.15, 0.2) is 164 Å². The van der Waals surface area contributed by atoms with Gasteiger partial charge < -0.3 is 9.80 Å². The Balaban J connectivity index is 1.41. The van der Waals surface area contributed by atoms with Crippen LogP contribution >= 0.6 is 0 Å². The van der Waals surface area contributed by atoms with E-state index in [0.717, 1.165) is 0 Å². The highest BCUT2D eigenvalue weighted by molar-refractivity contribution is 7.00. The van der Waals surface area contributed by atoms with Crippen molar-refractivity contribution in [1.29, 1.82) is 0 Å². The fraction of sp³-hybridized carbons (Fsp3) is 0.273. The van der Waals surface area contributed by atoms with E-state index < -0.39 is 0 Å². The Labute approximate surface area is 414 Å². The summed E-state index contributed by atoms with van der Waals surface area (Å²) in [5, 5.41) is 0. The fourth-order valence-corrected chi connectivity index (χ4v) is 10.7. The highest BCUT2D eigenvalue weighted by Crippen LogP contribution is 2.50. The van der Waals surface area contributed by atoms with E-state index in [9.17, 15) is 0 Å². The molecule has 0 aliphatic carbocycles. The van der Waals surface area contributed by atoms with Crippen molar-refractivity contribution in [2.75, 3.05) is 9.80 Å². The van der Waals surface area contributed by atoms with Crippen LogP contribution in [-0.4, -0.2) is 6.71 Å². The van der Waals surface area contributed by atoms with Gasteiger partial charge in [0, 0.05) is 34.1 Å². The zero-order valence-corrected chi connectivity index (χ0v) is 43.6. The maximum atomic E-state index is 2.64. The molecule has 8 aromatic rings. The second-order valence-corrected chi connectivity index (χ2v) is 24.2. The predicted octanol–water partition coefficient (Wildman–Crippen LogP) is 16.6. The van der Waals surface area contributed by atoms with Gasteiger partial charge in [0.2, 0.25) is 0 Å². The minimum atomic E-state index is -0.0684. The van der Waals surface area contributed by atoms with Crippen molar-refractivity contribution in [2.45, 2.75) is 119 Å². The van der Waals surface area contributed by atoms with Crippen LogP contribution < -0.4 is 26.2 Å². The van der Waals surface area contributed by atoms with Gasteiger partial charge in [0.1, 0.15) is 0 Å². The van der Waals surface area contributed by atoms with Crippen LogP contribution in [0.25, 0.3) is 33.4 Å². The van der Waals surface area contributed by atoms with Crippen molar-refractivity contribution in [3.8, 4) is 33.4 Å². The number of hydrogen-bond acceptors (Lipinski definition) is 2. The third kappa shape index (κ3) is 8.32. The maximum absolute atomic E-state index is 2.64. The van der Waals surface area contributed by atoms with Gasteiger partial charge in [-0.2, -0.15) is 0 Å². The molecule has 2 nitrogen and oxygen atoms in total. The number of benzene rings is 8. The van der Waals surface area contributed by atoms with Gasteiger partial charge in [0.15, 0.2) is 0 Å². The lowest BCUT2D eigenvalue weighted by atomic mass is 9.33. The predicted molar refractivity (Wildman–Crippen MR) is 301 cm³/mol. The smallest absolute Gasteiger partial charge is 0.252 e. The quantitative estimate of drug-likeness (QED) is 0.159. The van der Waals surface area contributed by atoms with E-state index >= 15 is 0 Å². The Kier molecular flexibility index (Phi) is 11.1. The third-order valence-electron chi connectivity index (χ3n) is 14.7. The van der Waals surface area contributed by atoms with Crippen LogP contribution in [0.4, 0.5) is 34.1 Å². The maximum Gasteiger partial charge on any atom is 0.252 e. The molecule has 0 unspecified atom stereocenters. The van der Waals surface area contributed by atoms with Gasteiger partial charge >= 0.3 is 0 Å². The molecule has 0 bridgehead atoms. The van der Waals surface area contributed by atoms with E-state index in [0.29, 0.717) is 0 Å². The molecule has 0 atom stereocenters. The molecule has 2 aliphatic heterocycles. The summed E-state index contributed by atoms with van der Waals surface area (Å²) in [5.74, 6) is 0. The molecule has 0 fully saturated rings. The molecular weight excluding hydrogens is 832 g/mol. The van der Waals surface area contributed by atoms with Crippen LogP contribution in [0.2, 0.25) is 0 Å². The third-order valence-corrected chi connectivity index (χ3v) is 14.7. The van der Waals surface area contributed by atoms with E-state index in [-0.39, 0.29) is 28.4 Å². The van der Waals surface area contributed by atoms with Crippen molar-refractivity contribution >= 4 is 57.2 Å². The number of aryl methyl sites for hydroxylation is 2. The van der Waals surface area contributed by atoms with Crippen LogP contribution in [0.5, 0.6) is 0 Å².